The van der Waals surface area contributed by atoms with Crippen molar-refractivity contribution in [3.05, 3.63) is 36.9 Å². The number of para-hydroxylation sites is 2. The Morgan fingerprint density at radius 1 is 1.30 bits per heavy atom. The van der Waals surface area contributed by atoms with Crippen LogP contribution in [0.5, 0.6) is 5.75 Å². The van der Waals surface area contributed by atoms with E-state index in [2.05, 4.69) is 17.2 Å². The zero-order chi connectivity index (χ0) is 14.8. The van der Waals surface area contributed by atoms with Crippen LogP contribution in [0.2, 0.25) is 0 Å². The van der Waals surface area contributed by atoms with Crippen LogP contribution in [0.4, 0.5) is 10.5 Å². The molecule has 0 radical (unpaired) electrons. The molecule has 0 aliphatic heterocycles. The molecule has 6 heteroatoms. The summed E-state index contributed by atoms with van der Waals surface area (Å²) >= 11 is 0. The monoisotopic (exact) mass is 278 g/mol. The summed E-state index contributed by atoms with van der Waals surface area (Å²) in [7, 11) is 0. The second-order valence-electron chi connectivity index (χ2n) is 3.98. The molecule has 1 rings (SSSR count). The van der Waals surface area contributed by atoms with Gasteiger partial charge < -0.3 is 20.5 Å². The fourth-order valence-electron chi connectivity index (χ4n) is 1.41. The molecule has 0 aliphatic carbocycles. The topological polar surface area (TPSA) is 87.7 Å². The third-order valence-corrected chi connectivity index (χ3v) is 2.42. The van der Waals surface area contributed by atoms with Crippen LogP contribution in [-0.4, -0.2) is 30.3 Å². The summed E-state index contributed by atoms with van der Waals surface area (Å²) < 4.78 is 4.79. The molecular formula is C14H18N2O4. The highest BCUT2D eigenvalue weighted by Gasteiger charge is 2.04. The van der Waals surface area contributed by atoms with Crippen molar-refractivity contribution in [2.24, 2.45) is 0 Å². The first-order valence-electron chi connectivity index (χ1n) is 6.25. The van der Waals surface area contributed by atoms with Crippen molar-refractivity contribution in [2.75, 3.05) is 18.5 Å². The average molecular weight is 278 g/mol. The molecule has 0 spiro atoms. The van der Waals surface area contributed by atoms with E-state index in [1.165, 1.54) is 6.07 Å². The smallest absolute Gasteiger partial charge is 0.330 e. The Morgan fingerprint density at radius 2 is 2.05 bits per heavy atom. The van der Waals surface area contributed by atoms with Crippen LogP contribution in [0.25, 0.3) is 0 Å². The van der Waals surface area contributed by atoms with E-state index in [1.807, 2.05) is 0 Å². The highest BCUT2D eigenvalue weighted by molar-refractivity contribution is 5.90. The lowest BCUT2D eigenvalue weighted by Gasteiger charge is -2.08. The maximum atomic E-state index is 11.5. The lowest BCUT2D eigenvalue weighted by Crippen LogP contribution is -2.29. The zero-order valence-electron chi connectivity index (χ0n) is 11.1. The molecule has 20 heavy (non-hydrogen) atoms. The van der Waals surface area contributed by atoms with Crippen molar-refractivity contribution in [1.82, 2.24) is 5.32 Å². The van der Waals surface area contributed by atoms with E-state index >= 15 is 0 Å². The molecule has 3 N–H and O–H groups in total. The summed E-state index contributed by atoms with van der Waals surface area (Å²) in [6.45, 7) is 4.03. The van der Waals surface area contributed by atoms with E-state index in [-0.39, 0.29) is 5.75 Å². The van der Waals surface area contributed by atoms with Crippen LogP contribution in [-0.2, 0) is 9.53 Å². The molecule has 0 fully saturated rings. The first-order chi connectivity index (χ1) is 9.63. The molecule has 2 amide bonds. The number of nitrogens with one attached hydrogen (secondary N) is 2. The molecule has 0 atom stereocenters. The van der Waals surface area contributed by atoms with Gasteiger partial charge >= 0.3 is 12.0 Å². The van der Waals surface area contributed by atoms with Gasteiger partial charge in [0.15, 0.2) is 0 Å². The maximum Gasteiger partial charge on any atom is 0.330 e. The van der Waals surface area contributed by atoms with Gasteiger partial charge in [-0.1, -0.05) is 18.7 Å². The number of rotatable bonds is 7. The van der Waals surface area contributed by atoms with Gasteiger partial charge in [0.05, 0.1) is 12.3 Å². The Labute approximate surface area is 117 Å². The predicted octanol–water partition coefficient (Wildman–Crippen LogP) is 2.02. The highest BCUT2D eigenvalue weighted by atomic mass is 16.5. The summed E-state index contributed by atoms with van der Waals surface area (Å²) in [5.74, 6) is -0.436. The van der Waals surface area contributed by atoms with Crippen LogP contribution < -0.4 is 10.6 Å². The minimum absolute atomic E-state index is 0.0130. The van der Waals surface area contributed by atoms with Crippen LogP contribution in [0.1, 0.15) is 12.8 Å². The number of ether oxygens (including phenoxy) is 1. The third-order valence-electron chi connectivity index (χ3n) is 2.42. The Balaban J connectivity index is 2.13. The fraction of sp³-hybridized carbons (Fsp3) is 0.286. The number of carbonyl (C=O) groups excluding carboxylic acids is 2. The Hall–Kier alpha value is -2.50. The number of aromatic hydroxyl groups is 1. The second-order valence-corrected chi connectivity index (χ2v) is 3.98. The van der Waals surface area contributed by atoms with Crippen LogP contribution in [0, 0.1) is 0 Å². The SMILES string of the molecule is C=CC(=O)OCCCCNC(=O)Nc1ccccc1O. The number of hydrogen-bond donors (Lipinski definition) is 3. The minimum atomic E-state index is -0.449. The number of esters is 1. The van der Waals surface area contributed by atoms with Gasteiger partial charge in [0, 0.05) is 12.6 Å². The van der Waals surface area contributed by atoms with E-state index in [0.29, 0.717) is 31.7 Å². The van der Waals surface area contributed by atoms with Crippen molar-refractivity contribution in [3.8, 4) is 5.75 Å². The van der Waals surface area contributed by atoms with Gasteiger partial charge in [-0.05, 0) is 25.0 Å². The number of hydrogen-bond acceptors (Lipinski definition) is 4. The van der Waals surface area contributed by atoms with Gasteiger partial charge in [-0.25, -0.2) is 9.59 Å². The van der Waals surface area contributed by atoms with Gasteiger partial charge in [0.1, 0.15) is 5.75 Å². The number of anilines is 1. The number of amides is 2. The molecule has 1 aromatic carbocycles. The van der Waals surface area contributed by atoms with E-state index in [0.717, 1.165) is 6.08 Å². The van der Waals surface area contributed by atoms with Crippen molar-refractivity contribution in [3.63, 3.8) is 0 Å². The first kappa shape index (κ1) is 15.6. The Bertz CT molecular complexity index is 474. The zero-order valence-corrected chi connectivity index (χ0v) is 11.1. The van der Waals surface area contributed by atoms with E-state index in [9.17, 15) is 14.7 Å². The molecule has 0 unspecified atom stereocenters. The third kappa shape index (κ3) is 5.90. The van der Waals surface area contributed by atoms with E-state index < -0.39 is 12.0 Å². The maximum absolute atomic E-state index is 11.5. The van der Waals surface area contributed by atoms with Crippen molar-refractivity contribution in [2.45, 2.75) is 12.8 Å². The molecule has 0 aliphatic rings. The lowest BCUT2D eigenvalue weighted by molar-refractivity contribution is -0.137. The summed E-state index contributed by atoms with van der Waals surface area (Å²) in [4.78, 5) is 22.3. The second kappa shape index (κ2) is 8.58. The first-order valence-corrected chi connectivity index (χ1v) is 6.25. The summed E-state index contributed by atoms with van der Waals surface area (Å²) in [6, 6.07) is 6.08. The van der Waals surface area contributed by atoms with Crippen molar-refractivity contribution in [1.29, 1.82) is 0 Å². The van der Waals surface area contributed by atoms with Crippen molar-refractivity contribution < 1.29 is 19.4 Å². The summed E-state index contributed by atoms with van der Waals surface area (Å²) in [5.41, 5.74) is 0.352. The molecule has 1 aromatic rings. The quantitative estimate of drug-likeness (QED) is 0.308. The van der Waals surface area contributed by atoms with Gasteiger partial charge in [-0.3, -0.25) is 0 Å². The number of carbonyl (C=O) groups is 2. The van der Waals surface area contributed by atoms with Gasteiger partial charge in [0.25, 0.3) is 0 Å². The lowest BCUT2D eigenvalue weighted by atomic mass is 10.3. The Kier molecular flexibility index (Phi) is 6.67. The number of benzene rings is 1. The minimum Gasteiger partial charge on any atom is -0.506 e. The molecule has 0 aromatic heterocycles. The number of unbranched alkanes of at least 4 members (excludes halogenated alkanes) is 1. The van der Waals surface area contributed by atoms with Crippen LogP contribution in [0.3, 0.4) is 0 Å². The number of phenolic OH excluding ortho intramolecular Hbond substituents is 1. The standard InChI is InChI=1S/C14H18N2O4/c1-2-13(18)20-10-6-5-9-15-14(19)16-11-7-3-4-8-12(11)17/h2-4,7-8,17H,1,5-6,9-10H2,(H2,15,16,19). The van der Waals surface area contributed by atoms with Crippen LogP contribution in [0.15, 0.2) is 36.9 Å². The highest BCUT2D eigenvalue weighted by Crippen LogP contribution is 2.20. The van der Waals surface area contributed by atoms with E-state index in [4.69, 9.17) is 4.74 Å². The summed E-state index contributed by atoms with van der Waals surface area (Å²) in [6.07, 6.45) is 2.44. The Morgan fingerprint density at radius 3 is 2.75 bits per heavy atom. The van der Waals surface area contributed by atoms with Crippen LogP contribution >= 0.6 is 0 Å². The molecule has 6 nitrogen and oxygen atoms in total. The number of phenols is 1. The summed E-state index contributed by atoms with van der Waals surface area (Å²) in [5, 5.41) is 14.6. The van der Waals surface area contributed by atoms with Gasteiger partial charge in [0.2, 0.25) is 0 Å². The molecule has 0 bridgehead atoms. The van der Waals surface area contributed by atoms with Crippen molar-refractivity contribution >= 4 is 17.7 Å². The molecular weight excluding hydrogens is 260 g/mol. The average Bonchev–Trinajstić information content (AvgIpc) is 2.44. The van der Waals surface area contributed by atoms with E-state index in [1.54, 1.807) is 18.2 Å². The molecule has 0 saturated heterocycles. The predicted molar refractivity (Wildman–Crippen MR) is 75.5 cm³/mol. The largest absolute Gasteiger partial charge is 0.506 e. The molecule has 0 saturated carbocycles. The van der Waals surface area contributed by atoms with Gasteiger partial charge in [-0.15, -0.1) is 0 Å². The number of urea groups is 1. The normalized spacial score (nSPS) is 9.60. The molecule has 0 heterocycles. The van der Waals surface area contributed by atoms with Gasteiger partial charge in [-0.2, -0.15) is 0 Å². The fourth-order valence-corrected chi connectivity index (χ4v) is 1.41. The molecule has 108 valence electrons.